The molecule has 3 rings (SSSR count). The van der Waals surface area contributed by atoms with E-state index in [1.165, 1.54) is 17.7 Å². The third kappa shape index (κ3) is 2.03. The van der Waals surface area contributed by atoms with Gasteiger partial charge in [0.25, 0.3) is 0 Å². The highest BCUT2D eigenvalue weighted by Crippen LogP contribution is 2.44. The maximum atomic E-state index is 4.04. The van der Waals surface area contributed by atoms with E-state index in [1.54, 1.807) is 16.8 Å². The minimum atomic E-state index is 0.443. The molecule has 78 valence electrons. The molecule has 0 amide bonds. The van der Waals surface area contributed by atoms with Crippen LogP contribution < -0.4 is 5.32 Å². The van der Waals surface area contributed by atoms with Crippen LogP contribution in [0.3, 0.4) is 0 Å². The lowest BCUT2D eigenvalue weighted by Gasteiger charge is -2.15. The maximum absolute atomic E-state index is 4.04. The summed E-state index contributed by atoms with van der Waals surface area (Å²) in [6.07, 6.45) is 2.66. The van der Waals surface area contributed by atoms with Crippen molar-refractivity contribution in [2.75, 3.05) is 5.32 Å². The Hall–Kier alpha value is -0.940. The summed E-state index contributed by atoms with van der Waals surface area (Å²) in [7, 11) is 0. The van der Waals surface area contributed by atoms with Crippen LogP contribution in [0.5, 0.6) is 0 Å². The van der Waals surface area contributed by atoms with E-state index in [1.807, 2.05) is 11.3 Å². The molecule has 2 aromatic heterocycles. The van der Waals surface area contributed by atoms with E-state index in [4.69, 9.17) is 0 Å². The Morgan fingerprint density at radius 3 is 2.93 bits per heavy atom. The lowest BCUT2D eigenvalue weighted by Crippen LogP contribution is -2.11. The van der Waals surface area contributed by atoms with Crippen molar-refractivity contribution >= 4 is 27.8 Å². The number of hydrogen-bond donors (Lipinski definition) is 1. The molecule has 1 atom stereocenters. The van der Waals surface area contributed by atoms with Crippen molar-refractivity contribution in [1.82, 2.24) is 10.2 Å². The zero-order valence-electron chi connectivity index (χ0n) is 8.09. The molecule has 0 aromatic carbocycles. The van der Waals surface area contributed by atoms with E-state index >= 15 is 0 Å². The Morgan fingerprint density at radius 2 is 2.33 bits per heavy atom. The predicted octanol–water partition coefficient (Wildman–Crippen LogP) is 3.16. The molecule has 1 fully saturated rings. The molecule has 0 saturated heterocycles. The molecule has 1 N–H and O–H groups in total. The van der Waals surface area contributed by atoms with Gasteiger partial charge in [-0.3, -0.25) is 0 Å². The van der Waals surface area contributed by atoms with Crippen molar-refractivity contribution in [2.24, 2.45) is 5.92 Å². The standard InChI is InChI=1S/C10H11N3S2/c1-2-8(14-5-1)9(7-3-4-7)12-10-13-11-6-15-10/h1-2,5-7,9H,3-4H2,(H,12,13). The lowest BCUT2D eigenvalue weighted by molar-refractivity contribution is 0.688. The van der Waals surface area contributed by atoms with E-state index in [0.717, 1.165) is 11.0 Å². The molecule has 15 heavy (non-hydrogen) atoms. The molecule has 0 bridgehead atoms. The van der Waals surface area contributed by atoms with Crippen LogP contribution >= 0.6 is 22.7 Å². The summed E-state index contributed by atoms with van der Waals surface area (Å²) in [6, 6.07) is 4.75. The smallest absolute Gasteiger partial charge is 0.205 e. The average molecular weight is 237 g/mol. The first-order valence-corrected chi connectivity index (χ1v) is 6.75. The summed E-state index contributed by atoms with van der Waals surface area (Å²) >= 11 is 3.38. The number of thiophene rings is 1. The van der Waals surface area contributed by atoms with Gasteiger partial charge < -0.3 is 5.32 Å². The Labute approximate surface area is 96.2 Å². The van der Waals surface area contributed by atoms with Crippen LogP contribution in [-0.2, 0) is 0 Å². The molecule has 0 spiro atoms. The van der Waals surface area contributed by atoms with Crippen molar-refractivity contribution in [3.8, 4) is 0 Å². The molecule has 5 heteroatoms. The third-order valence-electron chi connectivity index (χ3n) is 2.58. The molecular formula is C10H11N3S2. The number of nitrogens with one attached hydrogen (secondary N) is 1. The van der Waals surface area contributed by atoms with Crippen LogP contribution in [-0.4, -0.2) is 10.2 Å². The molecule has 0 aliphatic heterocycles. The molecule has 1 saturated carbocycles. The SMILES string of the molecule is c1csc(C(Nc2nncs2)C2CC2)c1. The highest BCUT2D eigenvalue weighted by molar-refractivity contribution is 7.13. The quantitative estimate of drug-likeness (QED) is 0.887. The zero-order valence-corrected chi connectivity index (χ0v) is 9.72. The second-order valence-corrected chi connectivity index (χ2v) is 5.53. The molecule has 2 heterocycles. The Kier molecular flexibility index (Phi) is 2.42. The summed E-state index contributed by atoms with van der Waals surface area (Å²) in [5.41, 5.74) is 1.76. The minimum Gasteiger partial charge on any atom is -0.352 e. The molecule has 3 nitrogen and oxygen atoms in total. The second kappa shape index (κ2) is 3.90. The van der Waals surface area contributed by atoms with Crippen LogP contribution in [0.25, 0.3) is 0 Å². The molecule has 0 radical (unpaired) electrons. The van der Waals surface area contributed by atoms with Crippen LogP contribution in [0.15, 0.2) is 23.0 Å². The Balaban J connectivity index is 1.80. The first-order valence-electron chi connectivity index (χ1n) is 4.99. The number of rotatable bonds is 4. The Morgan fingerprint density at radius 1 is 1.40 bits per heavy atom. The normalized spacial score (nSPS) is 17.6. The summed E-state index contributed by atoms with van der Waals surface area (Å²) in [4.78, 5) is 1.41. The van der Waals surface area contributed by atoms with Crippen LogP contribution in [0, 0.1) is 5.92 Å². The van der Waals surface area contributed by atoms with E-state index in [9.17, 15) is 0 Å². The van der Waals surface area contributed by atoms with Gasteiger partial charge in [0.2, 0.25) is 5.13 Å². The molecule has 2 aromatic rings. The average Bonchev–Trinajstić information content (AvgIpc) is 2.78. The summed E-state index contributed by atoms with van der Waals surface area (Å²) in [6.45, 7) is 0. The largest absolute Gasteiger partial charge is 0.352 e. The van der Waals surface area contributed by atoms with Gasteiger partial charge in [-0.25, -0.2) is 0 Å². The fraction of sp³-hybridized carbons (Fsp3) is 0.400. The highest BCUT2D eigenvalue weighted by atomic mass is 32.1. The van der Waals surface area contributed by atoms with Crippen molar-refractivity contribution in [3.05, 3.63) is 27.9 Å². The lowest BCUT2D eigenvalue weighted by atomic mass is 10.1. The van der Waals surface area contributed by atoms with Crippen LogP contribution in [0.2, 0.25) is 0 Å². The fourth-order valence-corrected chi connectivity index (χ4v) is 3.04. The van der Waals surface area contributed by atoms with Crippen molar-refractivity contribution in [1.29, 1.82) is 0 Å². The number of hydrogen-bond acceptors (Lipinski definition) is 5. The van der Waals surface area contributed by atoms with E-state index in [0.29, 0.717) is 6.04 Å². The minimum absolute atomic E-state index is 0.443. The number of anilines is 1. The molecule has 1 unspecified atom stereocenters. The summed E-state index contributed by atoms with van der Waals surface area (Å²) < 4.78 is 0. The van der Waals surface area contributed by atoms with Crippen LogP contribution in [0.4, 0.5) is 5.13 Å². The van der Waals surface area contributed by atoms with Gasteiger partial charge >= 0.3 is 0 Å². The van der Waals surface area contributed by atoms with Gasteiger partial charge in [-0.15, -0.1) is 21.5 Å². The molecular weight excluding hydrogens is 226 g/mol. The summed E-state index contributed by atoms with van der Waals surface area (Å²) in [5, 5.41) is 14.4. The molecule has 1 aliphatic carbocycles. The van der Waals surface area contributed by atoms with Gasteiger partial charge in [0.15, 0.2) is 0 Å². The number of nitrogens with zero attached hydrogens (tertiary/aromatic N) is 2. The number of aromatic nitrogens is 2. The van der Waals surface area contributed by atoms with Crippen molar-refractivity contribution in [2.45, 2.75) is 18.9 Å². The van der Waals surface area contributed by atoms with Gasteiger partial charge in [-0.2, -0.15) is 0 Å². The fourth-order valence-electron chi connectivity index (χ4n) is 1.69. The van der Waals surface area contributed by atoms with Gasteiger partial charge in [0.1, 0.15) is 5.51 Å². The second-order valence-electron chi connectivity index (χ2n) is 3.72. The monoisotopic (exact) mass is 237 g/mol. The topological polar surface area (TPSA) is 37.8 Å². The van der Waals surface area contributed by atoms with Crippen molar-refractivity contribution < 1.29 is 0 Å². The van der Waals surface area contributed by atoms with E-state index < -0.39 is 0 Å². The Bertz CT molecular complexity index is 406. The van der Waals surface area contributed by atoms with Gasteiger partial charge in [0, 0.05) is 4.88 Å². The predicted molar refractivity (Wildman–Crippen MR) is 63.3 cm³/mol. The first-order chi connectivity index (χ1) is 7.43. The van der Waals surface area contributed by atoms with Gasteiger partial charge in [-0.1, -0.05) is 17.4 Å². The third-order valence-corrected chi connectivity index (χ3v) is 4.16. The maximum Gasteiger partial charge on any atom is 0.205 e. The summed E-state index contributed by atoms with van der Waals surface area (Å²) in [5.74, 6) is 0.785. The molecule has 1 aliphatic rings. The van der Waals surface area contributed by atoms with E-state index in [-0.39, 0.29) is 0 Å². The van der Waals surface area contributed by atoms with Crippen LogP contribution in [0.1, 0.15) is 23.8 Å². The highest BCUT2D eigenvalue weighted by Gasteiger charge is 2.33. The first kappa shape index (κ1) is 9.30. The van der Waals surface area contributed by atoms with Crippen molar-refractivity contribution in [3.63, 3.8) is 0 Å². The van der Waals surface area contributed by atoms with Gasteiger partial charge in [0.05, 0.1) is 6.04 Å². The zero-order chi connectivity index (χ0) is 10.1. The van der Waals surface area contributed by atoms with Gasteiger partial charge in [-0.05, 0) is 30.2 Å². The van der Waals surface area contributed by atoms with E-state index in [2.05, 4.69) is 33.0 Å².